The van der Waals surface area contributed by atoms with Gasteiger partial charge in [-0.3, -0.25) is 4.79 Å². The number of thioether (sulfide) groups is 1. The maximum atomic E-state index is 10.6. The molecule has 1 N–H and O–H groups in total. The number of carbonyl (C=O) groups is 1. The van der Waals surface area contributed by atoms with Gasteiger partial charge in [0.15, 0.2) is 0 Å². The standard InChI is InChI=1S/C8H14O2S/c1-4-5-6-11-8(2,3)7(9)10/h4-5H,6H2,1-3H3,(H,9,10)/b5-4-. The van der Waals surface area contributed by atoms with Crippen molar-refractivity contribution < 1.29 is 9.90 Å². The lowest BCUT2D eigenvalue weighted by Gasteiger charge is -2.16. The number of rotatable bonds is 4. The summed E-state index contributed by atoms with van der Waals surface area (Å²) in [6.07, 6.45) is 3.88. The van der Waals surface area contributed by atoms with Gasteiger partial charge in [-0.15, -0.1) is 11.8 Å². The van der Waals surface area contributed by atoms with Crippen molar-refractivity contribution in [2.45, 2.75) is 25.5 Å². The lowest BCUT2D eigenvalue weighted by atomic mass is 10.2. The van der Waals surface area contributed by atoms with Crippen LogP contribution in [-0.4, -0.2) is 21.6 Å². The molecule has 0 aliphatic heterocycles. The summed E-state index contributed by atoms with van der Waals surface area (Å²) in [6, 6.07) is 0. The molecule has 3 heteroatoms. The molecular formula is C8H14O2S. The zero-order valence-corrected chi connectivity index (χ0v) is 7.94. The van der Waals surface area contributed by atoms with Crippen LogP contribution in [-0.2, 0) is 4.79 Å². The van der Waals surface area contributed by atoms with E-state index in [0.29, 0.717) is 0 Å². The first-order chi connectivity index (χ1) is 5.00. The molecule has 0 atom stereocenters. The number of hydrogen-bond donors (Lipinski definition) is 1. The predicted octanol–water partition coefficient (Wildman–Crippen LogP) is 2.16. The lowest BCUT2D eigenvalue weighted by Crippen LogP contribution is -2.27. The Balaban J connectivity index is 3.82. The first kappa shape index (κ1) is 10.6. The predicted molar refractivity (Wildman–Crippen MR) is 49.0 cm³/mol. The van der Waals surface area contributed by atoms with Gasteiger partial charge in [0.1, 0.15) is 4.75 Å². The molecular weight excluding hydrogens is 160 g/mol. The van der Waals surface area contributed by atoms with Gasteiger partial charge in [-0.1, -0.05) is 12.2 Å². The average Bonchev–Trinajstić information content (AvgIpc) is 1.88. The van der Waals surface area contributed by atoms with Crippen LogP contribution < -0.4 is 0 Å². The Morgan fingerprint density at radius 1 is 1.64 bits per heavy atom. The first-order valence-electron chi connectivity index (χ1n) is 3.49. The van der Waals surface area contributed by atoms with Gasteiger partial charge in [0.25, 0.3) is 0 Å². The molecule has 0 aliphatic rings. The molecule has 0 bridgehead atoms. The average molecular weight is 174 g/mol. The van der Waals surface area contributed by atoms with Crippen LogP contribution in [0.3, 0.4) is 0 Å². The Labute approximate surface area is 71.7 Å². The van der Waals surface area contributed by atoms with Crippen molar-refractivity contribution in [2.24, 2.45) is 0 Å². The van der Waals surface area contributed by atoms with E-state index in [4.69, 9.17) is 5.11 Å². The fraction of sp³-hybridized carbons (Fsp3) is 0.625. The minimum Gasteiger partial charge on any atom is -0.480 e. The summed E-state index contributed by atoms with van der Waals surface area (Å²) in [4.78, 5) is 10.6. The van der Waals surface area contributed by atoms with Gasteiger partial charge in [0.2, 0.25) is 0 Å². The Morgan fingerprint density at radius 2 is 2.18 bits per heavy atom. The minimum atomic E-state index is -0.757. The van der Waals surface area contributed by atoms with Crippen molar-refractivity contribution >= 4 is 17.7 Å². The van der Waals surface area contributed by atoms with E-state index in [1.165, 1.54) is 11.8 Å². The fourth-order valence-electron chi connectivity index (χ4n) is 0.414. The normalized spacial score (nSPS) is 12.3. The van der Waals surface area contributed by atoms with Crippen molar-refractivity contribution in [1.82, 2.24) is 0 Å². The second-order valence-electron chi connectivity index (χ2n) is 2.70. The van der Waals surface area contributed by atoms with Gasteiger partial charge in [-0.05, 0) is 20.8 Å². The second-order valence-corrected chi connectivity index (χ2v) is 4.34. The molecule has 0 amide bonds. The summed E-state index contributed by atoms with van der Waals surface area (Å²) < 4.78 is -0.667. The smallest absolute Gasteiger partial charge is 0.319 e. The van der Waals surface area contributed by atoms with Crippen LogP contribution in [0.4, 0.5) is 0 Å². The molecule has 0 saturated heterocycles. The summed E-state index contributed by atoms with van der Waals surface area (Å²) in [5.74, 6) is 0.00232. The highest BCUT2D eigenvalue weighted by Gasteiger charge is 2.26. The van der Waals surface area contributed by atoms with E-state index in [1.807, 2.05) is 19.1 Å². The molecule has 0 saturated carbocycles. The van der Waals surface area contributed by atoms with Gasteiger partial charge in [0.05, 0.1) is 0 Å². The molecule has 0 aromatic rings. The Hall–Kier alpha value is -0.440. The van der Waals surface area contributed by atoms with Gasteiger partial charge < -0.3 is 5.11 Å². The maximum Gasteiger partial charge on any atom is 0.319 e. The van der Waals surface area contributed by atoms with E-state index in [-0.39, 0.29) is 0 Å². The summed E-state index contributed by atoms with van der Waals surface area (Å²) in [5, 5.41) is 8.70. The summed E-state index contributed by atoms with van der Waals surface area (Å²) in [7, 11) is 0. The summed E-state index contributed by atoms with van der Waals surface area (Å²) >= 11 is 1.43. The maximum absolute atomic E-state index is 10.6. The number of carboxylic acid groups (broad SMARTS) is 1. The molecule has 64 valence electrons. The van der Waals surface area contributed by atoms with Crippen LogP contribution >= 0.6 is 11.8 Å². The third-order valence-electron chi connectivity index (χ3n) is 1.29. The van der Waals surface area contributed by atoms with Gasteiger partial charge in [0, 0.05) is 5.75 Å². The molecule has 0 aromatic heterocycles. The van der Waals surface area contributed by atoms with E-state index in [9.17, 15) is 4.79 Å². The molecule has 0 rings (SSSR count). The third kappa shape index (κ3) is 4.09. The molecule has 11 heavy (non-hydrogen) atoms. The van der Waals surface area contributed by atoms with Crippen molar-refractivity contribution in [2.75, 3.05) is 5.75 Å². The number of aliphatic carboxylic acids is 1. The Morgan fingerprint density at radius 3 is 2.55 bits per heavy atom. The van der Waals surface area contributed by atoms with Crippen LogP contribution in [0, 0.1) is 0 Å². The Bertz CT molecular complexity index is 161. The molecule has 0 unspecified atom stereocenters. The third-order valence-corrected chi connectivity index (χ3v) is 2.55. The SMILES string of the molecule is C/C=C\CSC(C)(C)C(=O)O. The van der Waals surface area contributed by atoms with Gasteiger partial charge >= 0.3 is 5.97 Å². The second kappa shape index (κ2) is 4.44. The zero-order valence-electron chi connectivity index (χ0n) is 7.13. The molecule has 0 aromatic carbocycles. The van der Waals surface area contributed by atoms with Crippen LogP contribution in [0.15, 0.2) is 12.2 Å². The number of allylic oxidation sites excluding steroid dienone is 1. The van der Waals surface area contributed by atoms with Crippen molar-refractivity contribution in [3.8, 4) is 0 Å². The number of carboxylic acids is 1. The van der Waals surface area contributed by atoms with E-state index in [0.717, 1.165) is 5.75 Å². The summed E-state index contributed by atoms with van der Waals surface area (Å²) in [5.41, 5.74) is 0. The van der Waals surface area contributed by atoms with Crippen molar-refractivity contribution in [3.63, 3.8) is 0 Å². The Kier molecular flexibility index (Phi) is 4.26. The monoisotopic (exact) mass is 174 g/mol. The van der Waals surface area contributed by atoms with Gasteiger partial charge in [-0.2, -0.15) is 0 Å². The summed E-state index contributed by atoms with van der Waals surface area (Å²) in [6.45, 7) is 5.35. The molecule has 0 spiro atoms. The quantitative estimate of drug-likeness (QED) is 0.664. The molecule has 0 radical (unpaired) electrons. The number of hydrogen-bond acceptors (Lipinski definition) is 2. The first-order valence-corrected chi connectivity index (χ1v) is 4.48. The highest BCUT2D eigenvalue weighted by Crippen LogP contribution is 2.24. The largest absolute Gasteiger partial charge is 0.480 e. The van der Waals surface area contributed by atoms with Crippen molar-refractivity contribution in [3.05, 3.63) is 12.2 Å². The van der Waals surface area contributed by atoms with Crippen LogP contribution in [0.5, 0.6) is 0 Å². The van der Waals surface area contributed by atoms with E-state index >= 15 is 0 Å². The molecule has 0 heterocycles. The van der Waals surface area contributed by atoms with Crippen molar-refractivity contribution in [1.29, 1.82) is 0 Å². The molecule has 2 nitrogen and oxygen atoms in total. The topological polar surface area (TPSA) is 37.3 Å². The highest BCUT2D eigenvalue weighted by atomic mass is 32.2. The van der Waals surface area contributed by atoms with Crippen LogP contribution in [0.1, 0.15) is 20.8 Å². The zero-order chi connectivity index (χ0) is 8.91. The van der Waals surface area contributed by atoms with Gasteiger partial charge in [-0.25, -0.2) is 0 Å². The minimum absolute atomic E-state index is 0.667. The molecule has 0 fully saturated rings. The van der Waals surface area contributed by atoms with Crippen LogP contribution in [0.25, 0.3) is 0 Å². The highest BCUT2D eigenvalue weighted by molar-refractivity contribution is 8.01. The lowest BCUT2D eigenvalue weighted by molar-refractivity contribution is -0.138. The fourth-order valence-corrected chi connectivity index (χ4v) is 1.24. The van der Waals surface area contributed by atoms with E-state index < -0.39 is 10.7 Å². The van der Waals surface area contributed by atoms with E-state index in [1.54, 1.807) is 13.8 Å². The van der Waals surface area contributed by atoms with Crippen LogP contribution in [0.2, 0.25) is 0 Å². The van der Waals surface area contributed by atoms with E-state index in [2.05, 4.69) is 0 Å². The molecule has 0 aliphatic carbocycles.